The number of hydrogen-bond donors (Lipinski definition) is 2. The smallest absolute Gasteiger partial charge is 0.262 e. The number of amides is 1. The van der Waals surface area contributed by atoms with Crippen LogP contribution >= 0.6 is 0 Å². The number of rotatable bonds is 8. The van der Waals surface area contributed by atoms with Crippen molar-refractivity contribution >= 4 is 27.3 Å². The van der Waals surface area contributed by atoms with Gasteiger partial charge in [0.05, 0.1) is 29.3 Å². The molecule has 0 radical (unpaired) electrons. The van der Waals surface area contributed by atoms with Crippen LogP contribution in [0.1, 0.15) is 5.56 Å². The van der Waals surface area contributed by atoms with Crippen LogP contribution < -0.4 is 19.5 Å². The van der Waals surface area contributed by atoms with Crippen molar-refractivity contribution in [1.29, 1.82) is 5.26 Å². The highest BCUT2D eigenvalue weighted by Gasteiger charge is 2.15. The van der Waals surface area contributed by atoms with E-state index in [9.17, 15) is 13.2 Å². The minimum absolute atomic E-state index is 0.0421. The normalized spacial score (nSPS) is 10.6. The number of hydrogen-bond acceptors (Lipinski definition) is 6. The van der Waals surface area contributed by atoms with E-state index in [4.69, 9.17) is 14.7 Å². The number of ether oxygens (including phenoxy) is 2. The molecule has 0 saturated carbocycles. The molecule has 31 heavy (non-hydrogen) atoms. The van der Waals surface area contributed by atoms with Crippen molar-refractivity contribution in [3.05, 3.63) is 78.4 Å². The second-order valence-electron chi connectivity index (χ2n) is 6.34. The molecule has 3 rings (SSSR count). The number of nitrogens with zero attached hydrogens (tertiary/aromatic N) is 1. The first-order valence-electron chi connectivity index (χ1n) is 9.09. The van der Waals surface area contributed by atoms with Gasteiger partial charge in [-0.3, -0.25) is 9.52 Å². The summed E-state index contributed by atoms with van der Waals surface area (Å²) in [6.45, 7) is -0.273. The molecule has 3 aromatic rings. The molecule has 0 unspecified atom stereocenters. The van der Waals surface area contributed by atoms with E-state index in [0.29, 0.717) is 28.4 Å². The van der Waals surface area contributed by atoms with Gasteiger partial charge in [-0.05, 0) is 54.6 Å². The van der Waals surface area contributed by atoms with Gasteiger partial charge in [0.1, 0.15) is 11.5 Å². The number of anilines is 2. The average Bonchev–Trinajstić information content (AvgIpc) is 2.78. The molecule has 0 aromatic heterocycles. The molecule has 0 aliphatic heterocycles. The van der Waals surface area contributed by atoms with E-state index < -0.39 is 15.9 Å². The molecule has 0 fully saturated rings. The highest BCUT2D eigenvalue weighted by Crippen LogP contribution is 2.22. The van der Waals surface area contributed by atoms with Gasteiger partial charge in [-0.1, -0.05) is 12.1 Å². The number of benzene rings is 3. The molecule has 8 nitrogen and oxygen atoms in total. The molecule has 0 bridgehead atoms. The molecule has 0 atom stereocenters. The van der Waals surface area contributed by atoms with Crippen molar-refractivity contribution in [2.45, 2.75) is 4.90 Å². The first-order valence-corrected chi connectivity index (χ1v) is 10.6. The lowest BCUT2D eigenvalue weighted by molar-refractivity contribution is -0.118. The van der Waals surface area contributed by atoms with Gasteiger partial charge in [0.2, 0.25) is 0 Å². The molecular weight excluding hydrogens is 418 g/mol. The van der Waals surface area contributed by atoms with Gasteiger partial charge in [-0.2, -0.15) is 5.26 Å². The minimum Gasteiger partial charge on any atom is -0.497 e. The summed E-state index contributed by atoms with van der Waals surface area (Å²) in [5.74, 6) is 0.453. The maximum atomic E-state index is 12.6. The van der Waals surface area contributed by atoms with Gasteiger partial charge in [0, 0.05) is 11.8 Å². The fraction of sp³-hybridized carbons (Fsp3) is 0.0909. The van der Waals surface area contributed by atoms with Crippen molar-refractivity contribution < 1.29 is 22.7 Å². The van der Waals surface area contributed by atoms with Crippen LogP contribution in [0.25, 0.3) is 0 Å². The first-order chi connectivity index (χ1) is 14.9. The van der Waals surface area contributed by atoms with Crippen LogP contribution in [0.4, 0.5) is 11.4 Å². The average molecular weight is 437 g/mol. The molecule has 0 aliphatic carbocycles. The van der Waals surface area contributed by atoms with Crippen LogP contribution in [0.15, 0.2) is 77.7 Å². The van der Waals surface area contributed by atoms with Gasteiger partial charge in [-0.25, -0.2) is 8.42 Å². The summed E-state index contributed by atoms with van der Waals surface area (Å²) in [4.78, 5) is 12.1. The van der Waals surface area contributed by atoms with Gasteiger partial charge < -0.3 is 14.8 Å². The molecule has 9 heteroatoms. The monoisotopic (exact) mass is 437 g/mol. The number of sulfonamides is 1. The van der Waals surface area contributed by atoms with E-state index in [0.717, 1.165) is 0 Å². The number of methoxy groups -OCH3 is 1. The highest BCUT2D eigenvalue weighted by molar-refractivity contribution is 7.92. The minimum atomic E-state index is -3.80. The summed E-state index contributed by atoms with van der Waals surface area (Å²) in [7, 11) is -2.30. The van der Waals surface area contributed by atoms with Crippen LogP contribution in [-0.2, 0) is 14.8 Å². The Morgan fingerprint density at radius 2 is 1.68 bits per heavy atom. The molecule has 2 N–H and O–H groups in total. The number of nitriles is 1. The zero-order chi connectivity index (χ0) is 22.3. The summed E-state index contributed by atoms with van der Waals surface area (Å²) in [5.41, 5.74) is 1.28. The summed E-state index contributed by atoms with van der Waals surface area (Å²) in [5, 5.41) is 11.5. The topological polar surface area (TPSA) is 118 Å². The maximum Gasteiger partial charge on any atom is 0.262 e. The molecule has 0 saturated heterocycles. The second kappa shape index (κ2) is 9.65. The van der Waals surface area contributed by atoms with Gasteiger partial charge in [0.15, 0.2) is 6.61 Å². The number of nitrogens with one attached hydrogen (secondary N) is 2. The van der Waals surface area contributed by atoms with Crippen LogP contribution in [0.5, 0.6) is 11.5 Å². The third-order valence-corrected chi connectivity index (χ3v) is 5.50. The largest absolute Gasteiger partial charge is 0.497 e. The van der Waals surface area contributed by atoms with Crippen LogP contribution in [0, 0.1) is 11.3 Å². The van der Waals surface area contributed by atoms with Crippen molar-refractivity contribution in [2.75, 3.05) is 23.8 Å². The fourth-order valence-electron chi connectivity index (χ4n) is 2.63. The standard InChI is InChI=1S/C22H19N3O5S/c1-29-20-7-3-6-18(13-20)25-31(27,28)21-10-8-19(9-11-21)30-15-22(26)24-17-5-2-4-16(12-17)14-23/h2-13,25H,15H2,1H3,(H,24,26). The maximum absolute atomic E-state index is 12.6. The summed E-state index contributed by atoms with van der Waals surface area (Å²) in [6.07, 6.45) is 0. The third kappa shape index (κ3) is 5.98. The van der Waals surface area contributed by atoms with E-state index in [-0.39, 0.29) is 11.5 Å². The summed E-state index contributed by atoms with van der Waals surface area (Å²) >= 11 is 0. The quantitative estimate of drug-likeness (QED) is 0.558. The van der Waals surface area contributed by atoms with E-state index >= 15 is 0 Å². The molecule has 0 heterocycles. The van der Waals surface area contributed by atoms with E-state index in [1.54, 1.807) is 48.5 Å². The molecule has 158 valence electrons. The SMILES string of the molecule is COc1cccc(NS(=O)(=O)c2ccc(OCC(=O)Nc3cccc(C#N)c3)cc2)c1. The summed E-state index contributed by atoms with van der Waals surface area (Å²) in [6, 6.07) is 20.7. The third-order valence-electron chi connectivity index (χ3n) is 4.10. The molecular formula is C22H19N3O5S. The van der Waals surface area contributed by atoms with E-state index in [1.807, 2.05) is 6.07 Å². The molecule has 3 aromatic carbocycles. The number of carbonyl (C=O) groups excluding carboxylic acids is 1. The van der Waals surface area contributed by atoms with Crippen LogP contribution in [0.3, 0.4) is 0 Å². The zero-order valence-electron chi connectivity index (χ0n) is 16.5. The molecule has 0 spiro atoms. The predicted molar refractivity (Wildman–Crippen MR) is 116 cm³/mol. The molecule has 0 aliphatic rings. The Balaban J connectivity index is 1.59. The Morgan fingerprint density at radius 3 is 2.39 bits per heavy atom. The van der Waals surface area contributed by atoms with Crippen LogP contribution in [-0.4, -0.2) is 28.0 Å². The summed E-state index contributed by atoms with van der Waals surface area (Å²) < 4.78 is 38.1. The Bertz CT molecular complexity index is 1220. The van der Waals surface area contributed by atoms with Crippen molar-refractivity contribution in [2.24, 2.45) is 0 Å². The Hall–Kier alpha value is -4.03. The van der Waals surface area contributed by atoms with Gasteiger partial charge >= 0.3 is 0 Å². The van der Waals surface area contributed by atoms with E-state index in [1.165, 1.54) is 31.4 Å². The van der Waals surface area contributed by atoms with Gasteiger partial charge in [0.25, 0.3) is 15.9 Å². The first kappa shape index (κ1) is 21.7. The van der Waals surface area contributed by atoms with Crippen molar-refractivity contribution in [3.63, 3.8) is 0 Å². The Kier molecular flexibility index (Phi) is 6.74. The fourth-order valence-corrected chi connectivity index (χ4v) is 3.68. The zero-order valence-corrected chi connectivity index (χ0v) is 17.3. The Morgan fingerprint density at radius 1 is 0.968 bits per heavy atom. The second-order valence-corrected chi connectivity index (χ2v) is 8.02. The lowest BCUT2D eigenvalue weighted by Gasteiger charge is -2.11. The van der Waals surface area contributed by atoms with Gasteiger partial charge in [-0.15, -0.1) is 0 Å². The number of carbonyl (C=O) groups is 1. The van der Waals surface area contributed by atoms with Crippen molar-refractivity contribution in [3.8, 4) is 17.6 Å². The van der Waals surface area contributed by atoms with E-state index in [2.05, 4.69) is 10.0 Å². The van der Waals surface area contributed by atoms with Crippen molar-refractivity contribution in [1.82, 2.24) is 0 Å². The van der Waals surface area contributed by atoms with Crippen LogP contribution in [0.2, 0.25) is 0 Å². The lowest BCUT2D eigenvalue weighted by Crippen LogP contribution is -2.20. The lowest BCUT2D eigenvalue weighted by atomic mass is 10.2. The predicted octanol–water partition coefficient (Wildman–Crippen LogP) is 3.39. The Labute approximate surface area is 180 Å². The highest BCUT2D eigenvalue weighted by atomic mass is 32.2. The molecule has 1 amide bonds.